The average Bonchev–Trinajstić information content (AvgIpc) is 2.10. The normalized spacial score (nSPS) is 7.40. The Morgan fingerprint density at radius 2 is 1.70 bits per heavy atom. The van der Waals surface area contributed by atoms with Crippen molar-refractivity contribution in [1.82, 2.24) is 0 Å². The van der Waals surface area contributed by atoms with Crippen molar-refractivity contribution in [2.24, 2.45) is 0 Å². The third kappa shape index (κ3) is 3.36. The van der Waals surface area contributed by atoms with Crippen molar-refractivity contribution in [3.05, 3.63) is 42.5 Å². The fraction of sp³-hybridized carbons (Fsp3) is 0.111. The standard InChI is InChI=1S/C8H8.CH4S/c1-2-8-6-4-3-5-7-8;1-2/h2-7H,1H2;2H,1H3. The summed E-state index contributed by atoms with van der Waals surface area (Å²) in [7, 11) is 0. The lowest BCUT2D eigenvalue weighted by atomic mass is 10.2. The molecule has 54 valence electrons. The summed E-state index contributed by atoms with van der Waals surface area (Å²) in [4.78, 5) is 0. The van der Waals surface area contributed by atoms with Gasteiger partial charge in [-0.1, -0.05) is 43.0 Å². The lowest BCUT2D eigenvalue weighted by molar-refractivity contribution is 1.67. The summed E-state index contributed by atoms with van der Waals surface area (Å²) < 4.78 is 0. The predicted molar refractivity (Wildman–Crippen MR) is 51.4 cm³/mol. The van der Waals surface area contributed by atoms with Gasteiger partial charge in [-0.05, 0) is 11.8 Å². The van der Waals surface area contributed by atoms with Crippen LogP contribution in [0.3, 0.4) is 0 Å². The van der Waals surface area contributed by atoms with Crippen molar-refractivity contribution in [3.8, 4) is 0 Å². The summed E-state index contributed by atoms with van der Waals surface area (Å²) in [6, 6.07) is 10.0. The van der Waals surface area contributed by atoms with Crippen LogP contribution in [0.25, 0.3) is 6.08 Å². The Kier molecular flexibility index (Phi) is 5.99. The van der Waals surface area contributed by atoms with Crippen LogP contribution in [0.4, 0.5) is 0 Å². The van der Waals surface area contributed by atoms with Gasteiger partial charge >= 0.3 is 0 Å². The Hall–Kier alpha value is -0.690. The minimum Gasteiger partial charge on any atom is -0.183 e. The van der Waals surface area contributed by atoms with Crippen molar-refractivity contribution < 1.29 is 0 Å². The second-order valence-electron chi connectivity index (χ2n) is 1.61. The van der Waals surface area contributed by atoms with Gasteiger partial charge in [-0.2, -0.15) is 12.6 Å². The second-order valence-corrected chi connectivity index (χ2v) is 1.61. The molecule has 0 N–H and O–H groups in total. The van der Waals surface area contributed by atoms with Crippen LogP contribution in [-0.2, 0) is 0 Å². The molecule has 1 aromatic carbocycles. The van der Waals surface area contributed by atoms with Crippen molar-refractivity contribution >= 4 is 18.7 Å². The first-order chi connectivity index (χ1) is 4.93. The average molecular weight is 152 g/mol. The Labute approximate surface area is 68.0 Å². The van der Waals surface area contributed by atoms with E-state index in [-0.39, 0.29) is 0 Å². The molecule has 0 radical (unpaired) electrons. The van der Waals surface area contributed by atoms with Gasteiger partial charge in [-0.15, -0.1) is 0 Å². The van der Waals surface area contributed by atoms with E-state index in [1.54, 1.807) is 6.26 Å². The largest absolute Gasteiger partial charge is 0.183 e. The first kappa shape index (κ1) is 9.31. The van der Waals surface area contributed by atoms with Gasteiger partial charge in [0.05, 0.1) is 0 Å². The van der Waals surface area contributed by atoms with Crippen LogP contribution in [0.15, 0.2) is 36.9 Å². The summed E-state index contributed by atoms with van der Waals surface area (Å²) in [5, 5.41) is 0. The lowest BCUT2D eigenvalue weighted by Crippen LogP contribution is -1.63. The molecule has 1 aromatic rings. The topological polar surface area (TPSA) is 0 Å². The molecule has 0 saturated heterocycles. The van der Waals surface area contributed by atoms with Gasteiger partial charge in [-0.25, -0.2) is 0 Å². The van der Waals surface area contributed by atoms with E-state index in [4.69, 9.17) is 0 Å². The van der Waals surface area contributed by atoms with E-state index in [9.17, 15) is 0 Å². The van der Waals surface area contributed by atoms with Crippen LogP contribution < -0.4 is 0 Å². The Morgan fingerprint density at radius 3 is 2.00 bits per heavy atom. The van der Waals surface area contributed by atoms with Crippen LogP contribution in [0.5, 0.6) is 0 Å². The molecular formula is C9H12S. The SMILES string of the molecule is C=Cc1ccccc1.CS. The van der Waals surface area contributed by atoms with Gasteiger partial charge in [0.15, 0.2) is 0 Å². The maximum atomic E-state index is 3.63. The molecule has 0 amide bonds. The molecule has 0 fully saturated rings. The van der Waals surface area contributed by atoms with Crippen LogP contribution in [0, 0.1) is 0 Å². The van der Waals surface area contributed by atoms with Crippen LogP contribution >= 0.6 is 12.6 Å². The van der Waals surface area contributed by atoms with Crippen molar-refractivity contribution in [2.75, 3.05) is 6.26 Å². The molecule has 10 heavy (non-hydrogen) atoms. The van der Waals surface area contributed by atoms with E-state index in [2.05, 4.69) is 19.2 Å². The van der Waals surface area contributed by atoms with Gasteiger partial charge in [0.25, 0.3) is 0 Å². The molecule has 0 aliphatic heterocycles. The van der Waals surface area contributed by atoms with Crippen LogP contribution in [-0.4, -0.2) is 6.26 Å². The van der Waals surface area contributed by atoms with Crippen molar-refractivity contribution in [2.45, 2.75) is 0 Å². The summed E-state index contributed by atoms with van der Waals surface area (Å²) in [6.07, 6.45) is 3.53. The third-order valence-electron chi connectivity index (χ3n) is 1.04. The molecule has 1 heteroatoms. The molecule has 0 spiro atoms. The molecule has 0 heterocycles. The van der Waals surface area contributed by atoms with E-state index in [0.29, 0.717) is 0 Å². The van der Waals surface area contributed by atoms with Gasteiger partial charge in [0.1, 0.15) is 0 Å². The van der Waals surface area contributed by atoms with Crippen LogP contribution in [0.2, 0.25) is 0 Å². The molecule has 0 bridgehead atoms. The minimum atomic E-state index is 1.17. The quantitative estimate of drug-likeness (QED) is 0.588. The number of rotatable bonds is 1. The Bertz CT molecular complexity index is 167. The zero-order valence-corrected chi connectivity index (χ0v) is 7.01. The number of hydrogen-bond acceptors (Lipinski definition) is 1. The summed E-state index contributed by atoms with van der Waals surface area (Å²) in [5.41, 5.74) is 1.17. The number of benzene rings is 1. The van der Waals surface area contributed by atoms with E-state index in [1.165, 1.54) is 5.56 Å². The molecule has 0 unspecified atom stereocenters. The van der Waals surface area contributed by atoms with E-state index in [1.807, 2.05) is 36.4 Å². The molecule has 0 aliphatic carbocycles. The highest BCUT2D eigenvalue weighted by Crippen LogP contribution is 1.97. The monoisotopic (exact) mass is 152 g/mol. The van der Waals surface area contributed by atoms with E-state index in [0.717, 1.165) is 0 Å². The highest BCUT2D eigenvalue weighted by Gasteiger charge is 1.75. The molecule has 0 atom stereocenters. The molecule has 0 saturated carbocycles. The summed E-state index contributed by atoms with van der Waals surface area (Å²) >= 11 is 3.53. The van der Waals surface area contributed by atoms with Gasteiger partial charge < -0.3 is 0 Å². The lowest BCUT2D eigenvalue weighted by Gasteiger charge is -1.85. The first-order valence-corrected chi connectivity index (χ1v) is 3.95. The van der Waals surface area contributed by atoms with Gasteiger partial charge in [0.2, 0.25) is 0 Å². The zero-order chi connectivity index (χ0) is 7.82. The number of hydrogen-bond donors (Lipinski definition) is 1. The van der Waals surface area contributed by atoms with Crippen LogP contribution in [0.1, 0.15) is 5.56 Å². The molecule has 0 nitrogen and oxygen atoms in total. The smallest absolute Gasteiger partial charge is 0.0215 e. The van der Waals surface area contributed by atoms with Gasteiger partial charge in [0, 0.05) is 0 Å². The fourth-order valence-electron chi connectivity index (χ4n) is 0.589. The first-order valence-electron chi connectivity index (χ1n) is 3.05. The number of thiol groups is 1. The van der Waals surface area contributed by atoms with E-state index >= 15 is 0 Å². The molecular weight excluding hydrogens is 140 g/mol. The summed E-state index contributed by atoms with van der Waals surface area (Å²) in [5.74, 6) is 0. The maximum absolute atomic E-state index is 3.63. The molecule has 0 aromatic heterocycles. The predicted octanol–water partition coefficient (Wildman–Crippen LogP) is 2.88. The Balaban J connectivity index is 0.000000371. The van der Waals surface area contributed by atoms with E-state index < -0.39 is 0 Å². The summed E-state index contributed by atoms with van der Waals surface area (Å²) in [6.45, 7) is 3.63. The second kappa shape index (κ2) is 6.43. The van der Waals surface area contributed by atoms with Crippen molar-refractivity contribution in [3.63, 3.8) is 0 Å². The zero-order valence-electron chi connectivity index (χ0n) is 6.12. The minimum absolute atomic E-state index is 1.17. The van der Waals surface area contributed by atoms with Gasteiger partial charge in [-0.3, -0.25) is 0 Å². The maximum Gasteiger partial charge on any atom is -0.0215 e. The van der Waals surface area contributed by atoms with Crippen molar-refractivity contribution in [1.29, 1.82) is 0 Å². The third-order valence-corrected chi connectivity index (χ3v) is 1.04. The fourth-order valence-corrected chi connectivity index (χ4v) is 0.589. The Morgan fingerprint density at radius 1 is 1.20 bits per heavy atom. The molecule has 0 aliphatic rings. The molecule has 1 rings (SSSR count). The highest BCUT2D eigenvalue weighted by atomic mass is 32.1. The highest BCUT2D eigenvalue weighted by molar-refractivity contribution is 7.79.